The topological polar surface area (TPSA) is 25.2 Å². The quantitative estimate of drug-likeness (QED) is 0.111. The molecule has 0 unspecified atom stereocenters. The second-order valence-corrected chi connectivity index (χ2v) is 16.4. The highest BCUT2D eigenvalue weighted by atomic mass is 32.1. The molecule has 0 saturated heterocycles. The largest absolute Gasteiger partial charge is 0.262 e. The highest BCUT2D eigenvalue weighted by Crippen LogP contribution is 2.54. The van der Waals surface area contributed by atoms with Gasteiger partial charge in [0.1, 0.15) is 0 Å². The van der Waals surface area contributed by atoms with Crippen molar-refractivity contribution in [2.75, 3.05) is 0 Å². The number of pyridine rings is 1. The third-order valence-electron chi connectivity index (χ3n) is 11.9. The average molecular weight is 795 g/mol. The molecule has 0 saturated carbocycles. The molecule has 0 aliphatic carbocycles. The van der Waals surface area contributed by atoms with E-state index in [9.17, 15) is 0 Å². The molecule has 0 N–H and O–H groups in total. The van der Waals surface area contributed by atoms with Crippen LogP contribution in [0.15, 0.2) is 212 Å². The van der Waals surface area contributed by atoms with Gasteiger partial charge >= 0.3 is 0 Å². The zero-order valence-corrected chi connectivity index (χ0v) is 34.2. The van der Waals surface area contributed by atoms with E-state index in [1.54, 1.807) is 0 Å². The predicted octanol–water partition coefficient (Wildman–Crippen LogP) is 16.7. The monoisotopic (exact) mass is 794 g/mol. The minimum Gasteiger partial charge on any atom is -0.262 e. The molecule has 9 aromatic carbocycles. The van der Waals surface area contributed by atoms with E-state index < -0.39 is 0 Å². The summed E-state index contributed by atoms with van der Waals surface area (Å²) in [5.74, 6) is 0. The van der Waals surface area contributed by atoms with Crippen LogP contribution in [-0.4, -0.2) is 11.7 Å². The smallest absolute Gasteiger partial charge is 0.0971 e. The number of hydrogen-bond acceptors (Lipinski definition) is 3. The third-order valence-corrected chi connectivity index (χ3v) is 13.2. The second-order valence-electron chi connectivity index (χ2n) is 15.4. The van der Waals surface area contributed by atoms with Gasteiger partial charge in [-0.1, -0.05) is 195 Å². The fourth-order valence-corrected chi connectivity index (χ4v) is 10.5. The molecule has 0 aliphatic rings. The van der Waals surface area contributed by atoms with Crippen LogP contribution in [0, 0.1) is 0 Å². The summed E-state index contributed by atoms with van der Waals surface area (Å²) in [7, 11) is 0. The summed E-state index contributed by atoms with van der Waals surface area (Å²) in [5, 5.41) is 8.36. The van der Waals surface area contributed by atoms with E-state index in [2.05, 4.69) is 212 Å². The van der Waals surface area contributed by atoms with E-state index in [0.29, 0.717) is 0 Å². The maximum absolute atomic E-state index is 5.19. The summed E-state index contributed by atoms with van der Waals surface area (Å²) >= 11 is 1.89. The lowest BCUT2D eigenvalue weighted by molar-refractivity contribution is 1.39. The molecule has 286 valence electrons. The zero-order chi connectivity index (χ0) is 40.9. The van der Waals surface area contributed by atoms with Crippen molar-refractivity contribution in [3.63, 3.8) is 0 Å². The number of aromatic nitrogens is 1. The highest BCUT2D eigenvalue weighted by Gasteiger charge is 2.25. The number of aliphatic imine (C=N–C) groups is 1. The van der Waals surface area contributed by atoms with Crippen molar-refractivity contribution in [3.05, 3.63) is 212 Å². The van der Waals surface area contributed by atoms with Gasteiger partial charge < -0.3 is 0 Å². The molecular weight excluding hydrogens is 757 g/mol. The molecule has 2 heterocycles. The minimum absolute atomic E-state index is 0.753. The summed E-state index contributed by atoms with van der Waals surface area (Å²) in [6.07, 6.45) is 1.81. The maximum atomic E-state index is 5.19. The number of hydrogen-bond donors (Lipinski definition) is 0. The molecule has 0 aliphatic heterocycles. The zero-order valence-electron chi connectivity index (χ0n) is 33.3. The Morgan fingerprint density at radius 1 is 0.426 bits per heavy atom. The Morgan fingerprint density at radius 2 is 0.984 bits per heavy atom. The van der Waals surface area contributed by atoms with Gasteiger partial charge in [0.2, 0.25) is 0 Å². The van der Waals surface area contributed by atoms with Gasteiger partial charge in [0.25, 0.3) is 0 Å². The van der Waals surface area contributed by atoms with E-state index in [1.807, 2.05) is 23.5 Å². The number of nitrogens with zero attached hydrogens (tertiary/aromatic N) is 2. The second kappa shape index (κ2) is 15.1. The number of thiophene rings is 1. The first-order valence-electron chi connectivity index (χ1n) is 20.5. The summed E-state index contributed by atoms with van der Waals surface area (Å²) < 4.78 is 0. The van der Waals surface area contributed by atoms with Crippen molar-refractivity contribution >= 4 is 73.0 Å². The minimum atomic E-state index is 0.753. The first kappa shape index (κ1) is 36.4. The summed E-state index contributed by atoms with van der Waals surface area (Å²) in [6.45, 7) is 7.85. The van der Waals surface area contributed by atoms with Crippen LogP contribution in [0.5, 0.6) is 0 Å². The van der Waals surface area contributed by atoms with Crippen molar-refractivity contribution in [1.29, 1.82) is 0 Å². The molecule has 0 fully saturated rings. The van der Waals surface area contributed by atoms with Gasteiger partial charge in [0.05, 0.1) is 16.9 Å². The molecule has 0 bridgehead atoms. The average Bonchev–Trinajstić information content (AvgIpc) is 3.74. The lowest BCUT2D eigenvalue weighted by atomic mass is 9.88. The van der Waals surface area contributed by atoms with E-state index in [0.717, 1.165) is 44.4 Å². The number of benzene rings is 9. The van der Waals surface area contributed by atoms with E-state index >= 15 is 0 Å². The molecule has 0 spiro atoms. The Morgan fingerprint density at radius 3 is 1.69 bits per heavy atom. The molecule has 11 aromatic rings. The summed E-state index contributed by atoms with van der Waals surface area (Å²) in [6, 6.07) is 72.4. The summed E-state index contributed by atoms with van der Waals surface area (Å²) in [5.41, 5.74) is 14.1. The Kier molecular flexibility index (Phi) is 9.03. The number of rotatable bonds is 8. The third kappa shape index (κ3) is 6.18. The molecule has 11 rings (SSSR count). The van der Waals surface area contributed by atoms with Crippen LogP contribution < -0.4 is 0 Å². The molecule has 61 heavy (non-hydrogen) atoms. The SMILES string of the molecule is C=Cc1ccc2ccc(-c3ccc(-c4cccc(-c5sc(-c6cc7ccccc7c7ccccc67)c(-c6ccccc6)c5-c5ccccc5)c4)c4ccccc34)nc2c1N=C. The predicted molar refractivity (Wildman–Crippen MR) is 264 cm³/mol. The van der Waals surface area contributed by atoms with Crippen molar-refractivity contribution in [3.8, 4) is 65.5 Å². The maximum Gasteiger partial charge on any atom is 0.0971 e. The Labute approximate surface area is 359 Å². The first-order valence-corrected chi connectivity index (χ1v) is 21.3. The van der Waals surface area contributed by atoms with Gasteiger partial charge in [-0.05, 0) is 85.1 Å². The van der Waals surface area contributed by atoms with Crippen LogP contribution in [0.2, 0.25) is 0 Å². The Balaban J connectivity index is 1.13. The Hall–Kier alpha value is -7.72. The Bertz CT molecular complexity index is 3510. The van der Waals surface area contributed by atoms with Crippen LogP contribution in [0.4, 0.5) is 5.69 Å². The molecule has 0 amide bonds. The highest BCUT2D eigenvalue weighted by molar-refractivity contribution is 7.20. The molecule has 0 radical (unpaired) electrons. The number of fused-ring (bicyclic) bond motifs is 5. The van der Waals surface area contributed by atoms with Gasteiger partial charge in [0.15, 0.2) is 0 Å². The van der Waals surface area contributed by atoms with Crippen molar-refractivity contribution in [2.45, 2.75) is 0 Å². The van der Waals surface area contributed by atoms with Gasteiger partial charge in [-0.2, -0.15) is 0 Å². The lowest BCUT2D eigenvalue weighted by Gasteiger charge is -2.14. The first-order chi connectivity index (χ1) is 30.2. The molecule has 2 nitrogen and oxygen atoms in total. The molecular formula is C58H38N2S. The molecule has 2 aromatic heterocycles. The van der Waals surface area contributed by atoms with Crippen LogP contribution in [0.1, 0.15) is 5.56 Å². The van der Waals surface area contributed by atoms with E-state index in [4.69, 9.17) is 4.98 Å². The van der Waals surface area contributed by atoms with Gasteiger partial charge in [-0.3, -0.25) is 4.99 Å². The van der Waals surface area contributed by atoms with Crippen LogP contribution >= 0.6 is 11.3 Å². The van der Waals surface area contributed by atoms with Crippen LogP contribution in [-0.2, 0) is 0 Å². The summed E-state index contributed by atoms with van der Waals surface area (Å²) in [4.78, 5) is 12.1. The van der Waals surface area contributed by atoms with Gasteiger partial charge in [0, 0.05) is 43.0 Å². The van der Waals surface area contributed by atoms with Gasteiger partial charge in [-0.15, -0.1) is 11.3 Å². The van der Waals surface area contributed by atoms with Crippen LogP contribution in [0.25, 0.3) is 115 Å². The van der Waals surface area contributed by atoms with E-state index in [1.165, 1.54) is 75.6 Å². The fourth-order valence-electron chi connectivity index (χ4n) is 9.10. The van der Waals surface area contributed by atoms with E-state index in [-0.39, 0.29) is 0 Å². The molecule has 3 heteroatoms. The fraction of sp³-hybridized carbons (Fsp3) is 0. The van der Waals surface area contributed by atoms with Gasteiger partial charge in [-0.25, -0.2) is 4.98 Å². The standard InChI is InChI=1S/C58H38N2S/c1-3-37-29-30-40-31-34-52(60-56(40)55(37)59-2)50-33-32-45(47-26-12-14-27-48(47)50)41-22-16-23-43(35-41)57-53(38-17-6-4-7-18-38)54(39-19-8-5-9-20-39)58(61-57)51-36-42-21-10-11-24-44(42)46-25-13-15-28-49(46)51/h3-36H,1-2H2. The molecule has 0 atom stereocenters. The van der Waals surface area contributed by atoms with Crippen molar-refractivity contribution in [2.24, 2.45) is 4.99 Å². The van der Waals surface area contributed by atoms with Crippen molar-refractivity contribution < 1.29 is 0 Å². The lowest BCUT2D eigenvalue weighted by Crippen LogP contribution is -1.91. The van der Waals surface area contributed by atoms with Crippen molar-refractivity contribution in [1.82, 2.24) is 4.98 Å². The van der Waals surface area contributed by atoms with Crippen LogP contribution in [0.3, 0.4) is 0 Å². The normalized spacial score (nSPS) is 11.4.